The van der Waals surface area contributed by atoms with E-state index in [1.165, 1.54) is 71.6 Å². The van der Waals surface area contributed by atoms with Crippen molar-refractivity contribution in [3.63, 3.8) is 0 Å². The number of aromatic nitrogens is 1. The number of rotatable bonds is 2. The molecule has 38 heavy (non-hydrogen) atoms. The van der Waals surface area contributed by atoms with Crippen LogP contribution in [0, 0.1) is 0 Å². The maximum Gasteiger partial charge on any atom is 0.0626 e. The Morgan fingerprint density at radius 1 is 0.553 bits per heavy atom. The van der Waals surface area contributed by atoms with Crippen LogP contribution in [0.25, 0.3) is 60.5 Å². The molecule has 0 amide bonds. The fourth-order valence-electron chi connectivity index (χ4n) is 6.80. The first-order valence-corrected chi connectivity index (χ1v) is 13.4. The molecular formula is C37H27N. The first-order chi connectivity index (χ1) is 18.6. The Bertz CT molecular complexity index is 2040. The summed E-state index contributed by atoms with van der Waals surface area (Å²) >= 11 is 0. The molecule has 8 rings (SSSR count). The van der Waals surface area contributed by atoms with Crippen LogP contribution in [-0.2, 0) is 5.41 Å². The third kappa shape index (κ3) is 2.82. The fourth-order valence-corrected chi connectivity index (χ4v) is 6.80. The van der Waals surface area contributed by atoms with Crippen molar-refractivity contribution in [2.24, 2.45) is 0 Å². The van der Waals surface area contributed by atoms with Crippen LogP contribution < -0.4 is 0 Å². The van der Waals surface area contributed by atoms with Gasteiger partial charge in [-0.2, -0.15) is 0 Å². The lowest BCUT2D eigenvalue weighted by Gasteiger charge is -2.35. The summed E-state index contributed by atoms with van der Waals surface area (Å²) < 4.78 is 2.50. The maximum absolute atomic E-state index is 2.50. The molecular weight excluding hydrogens is 458 g/mol. The van der Waals surface area contributed by atoms with Crippen molar-refractivity contribution in [3.8, 4) is 27.9 Å². The standard InChI is InChI=1S/C37H27N/c1-37(2)31-19-8-6-18-29(31)35-34-26(15-11-20-32(34)37)23-30-28-17-7-9-21-33(28)38(36(30)35)27-16-10-14-25(22-27)24-12-4-3-5-13-24/h3-23H,1-2H3. The SMILES string of the molecule is CC1(C)c2ccccc2-c2c3c1cccc3cc1c3ccccc3n(-c3cccc(-c4ccccc4)c3)c21. The summed E-state index contributed by atoms with van der Waals surface area (Å²) in [5, 5.41) is 5.29. The van der Waals surface area contributed by atoms with E-state index in [0.29, 0.717) is 0 Å². The van der Waals surface area contributed by atoms with E-state index in [0.717, 1.165) is 0 Å². The fraction of sp³-hybridized carbons (Fsp3) is 0.0811. The second-order valence-corrected chi connectivity index (χ2v) is 11.0. The zero-order valence-electron chi connectivity index (χ0n) is 21.6. The molecule has 6 aromatic carbocycles. The van der Waals surface area contributed by atoms with Crippen LogP contribution in [0.1, 0.15) is 25.0 Å². The van der Waals surface area contributed by atoms with Gasteiger partial charge >= 0.3 is 0 Å². The Labute approximate surface area is 222 Å². The Morgan fingerprint density at radius 2 is 1.26 bits per heavy atom. The Hall–Kier alpha value is -4.62. The van der Waals surface area contributed by atoms with Gasteiger partial charge in [-0.15, -0.1) is 0 Å². The normalized spacial score (nSPS) is 13.7. The van der Waals surface area contributed by atoms with Gasteiger partial charge in [-0.1, -0.05) is 117 Å². The third-order valence-corrected chi connectivity index (χ3v) is 8.55. The highest BCUT2D eigenvalue weighted by atomic mass is 15.0. The van der Waals surface area contributed by atoms with E-state index < -0.39 is 0 Å². The quantitative estimate of drug-likeness (QED) is 0.230. The largest absolute Gasteiger partial charge is 0.309 e. The summed E-state index contributed by atoms with van der Waals surface area (Å²) in [7, 11) is 0. The second kappa shape index (κ2) is 7.69. The molecule has 1 nitrogen and oxygen atoms in total. The number of hydrogen-bond acceptors (Lipinski definition) is 0. The van der Waals surface area contributed by atoms with Crippen LogP contribution in [0.15, 0.2) is 127 Å². The molecule has 1 aromatic heterocycles. The number of hydrogen-bond donors (Lipinski definition) is 0. The number of nitrogens with zero attached hydrogens (tertiary/aromatic N) is 1. The van der Waals surface area contributed by atoms with Gasteiger partial charge in [-0.25, -0.2) is 0 Å². The molecule has 180 valence electrons. The molecule has 0 saturated carbocycles. The molecule has 1 heteroatoms. The van der Waals surface area contributed by atoms with E-state index in [-0.39, 0.29) is 5.41 Å². The second-order valence-electron chi connectivity index (χ2n) is 11.0. The highest BCUT2D eigenvalue weighted by Crippen LogP contribution is 2.52. The Balaban J connectivity index is 1.58. The van der Waals surface area contributed by atoms with E-state index in [1.807, 2.05) is 0 Å². The first kappa shape index (κ1) is 21.5. The van der Waals surface area contributed by atoms with Gasteiger partial charge in [0.1, 0.15) is 0 Å². The molecule has 0 aliphatic heterocycles. The van der Waals surface area contributed by atoms with Gasteiger partial charge in [-0.05, 0) is 62.9 Å². The van der Waals surface area contributed by atoms with Crippen molar-refractivity contribution in [2.45, 2.75) is 19.3 Å². The predicted molar refractivity (Wildman–Crippen MR) is 161 cm³/mol. The topological polar surface area (TPSA) is 4.93 Å². The minimum atomic E-state index is -0.0686. The van der Waals surface area contributed by atoms with E-state index in [4.69, 9.17) is 0 Å². The summed E-state index contributed by atoms with van der Waals surface area (Å²) in [6.07, 6.45) is 0. The molecule has 0 unspecified atom stereocenters. The molecule has 0 fully saturated rings. The van der Waals surface area contributed by atoms with Crippen LogP contribution in [-0.4, -0.2) is 4.57 Å². The summed E-state index contributed by atoms with van der Waals surface area (Å²) in [6, 6.07) is 46.8. The van der Waals surface area contributed by atoms with Crippen LogP contribution in [0.5, 0.6) is 0 Å². The van der Waals surface area contributed by atoms with Crippen LogP contribution in [0.2, 0.25) is 0 Å². The average Bonchev–Trinajstić information content (AvgIpc) is 3.30. The molecule has 0 N–H and O–H groups in total. The third-order valence-electron chi connectivity index (χ3n) is 8.55. The summed E-state index contributed by atoms with van der Waals surface area (Å²) in [4.78, 5) is 0. The molecule has 1 aliphatic rings. The van der Waals surface area contributed by atoms with E-state index >= 15 is 0 Å². The van der Waals surface area contributed by atoms with Crippen molar-refractivity contribution in [1.29, 1.82) is 0 Å². The van der Waals surface area contributed by atoms with Crippen molar-refractivity contribution in [1.82, 2.24) is 4.57 Å². The maximum atomic E-state index is 2.50. The summed E-state index contributed by atoms with van der Waals surface area (Å²) in [5.74, 6) is 0. The van der Waals surface area contributed by atoms with Crippen LogP contribution >= 0.6 is 0 Å². The minimum absolute atomic E-state index is 0.0686. The zero-order valence-corrected chi connectivity index (χ0v) is 21.6. The molecule has 0 spiro atoms. The number of benzene rings is 6. The highest BCUT2D eigenvalue weighted by Gasteiger charge is 2.35. The molecule has 1 aliphatic carbocycles. The number of fused-ring (bicyclic) bond motifs is 6. The van der Waals surface area contributed by atoms with Gasteiger partial charge in [0.2, 0.25) is 0 Å². The number of para-hydroxylation sites is 1. The molecule has 1 heterocycles. The van der Waals surface area contributed by atoms with Gasteiger partial charge in [-0.3, -0.25) is 0 Å². The molecule has 0 radical (unpaired) electrons. The average molecular weight is 486 g/mol. The van der Waals surface area contributed by atoms with Crippen molar-refractivity contribution in [2.75, 3.05) is 0 Å². The predicted octanol–water partition coefficient (Wildman–Crippen LogP) is 9.91. The lowest BCUT2D eigenvalue weighted by atomic mass is 9.68. The lowest BCUT2D eigenvalue weighted by molar-refractivity contribution is 0.645. The minimum Gasteiger partial charge on any atom is -0.309 e. The van der Waals surface area contributed by atoms with E-state index in [9.17, 15) is 0 Å². The zero-order chi connectivity index (χ0) is 25.4. The van der Waals surface area contributed by atoms with Crippen molar-refractivity contribution in [3.05, 3.63) is 139 Å². The van der Waals surface area contributed by atoms with Gasteiger partial charge in [0.05, 0.1) is 11.0 Å². The first-order valence-electron chi connectivity index (χ1n) is 13.4. The van der Waals surface area contributed by atoms with E-state index in [2.05, 4.69) is 146 Å². The summed E-state index contributed by atoms with van der Waals surface area (Å²) in [5.41, 5.74) is 11.6. The molecule has 7 aromatic rings. The van der Waals surface area contributed by atoms with Crippen LogP contribution in [0.4, 0.5) is 0 Å². The van der Waals surface area contributed by atoms with Gasteiger partial charge in [0.25, 0.3) is 0 Å². The Morgan fingerprint density at radius 3 is 2.16 bits per heavy atom. The Kier molecular flexibility index (Phi) is 4.35. The van der Waals surface area contributed by atoms with Gasteiger partial charge in [0, 0.05) is 27.4 Å². The molecule has 0 saturated heterocycles. The lowest BCUT2D eigenvalue weighted by Crippen LogP contribution is -2.23. The van der Waals surface area contributed by atoms with Crippen LogP contribution in [0.3, 0.4) is 0 Å². The van der Waals surface area contributed by atoms with Crippen molar-refractivity contribution >= 4 is 32.6 Å². The molecule has 0 atom stereocenters. The summed E-state index contributed by atoms with van der Waals surface area (Å²) in [6.45, 7) is 4.74. The smallest absolute Gasteiger partial charge is 0.0626 e. The van der Waals surface area contributed by atoms with Gasteiger partial charge in [0.15, 0.2) is 0 Å². The monoisotopic (exact) mass is 485 g/mol. The van der Waals surface area contributed by atoms with E-state index in [1.54, 1.807) is 0 Å². The van der Waals surface area contributed by atoms with Crippen molar-refractivity contribution < 1.29 is 0 Å². The van der Waals surface area contributed by atoms with Gasteiger partial charge < -0.3 is 4.57 Å². The molecule has 0 bridgehead atoms. The highest BCUT2D eigenvalue weighted by molar-refractivity contribution is 6.23.